The van der Waals surface area contributed by atoms with Crippen molar-refractivity contribution in [3.05, 3.63) is 71.5 Å². The summed E-state index contributed by atoms with van der Waals surface area (Å²) in [6.07, 6.45) is -5.07. The van der Waals surface area contributed by atoms with Gasteiger partial charge in [-0.1, -0.05) is 54.3 Å². The Labute approximate surface area is 136 Å². The van der Waals surface area contributed by atoms with Crippen LogP contribution in [0.1, 0.15) is 18.1 Å². The molecule has 24 heavy (non-hydrogen) atoms. The Bertz CT molecular complexity index is 756. The molecule has 0 saturated carbocycles. The Balaban J connectivity index is 2.49. The normalized spacial score (nSPS) is 16.5. The summed E-state index contributed by atoms with van der Waals surface area (Å²) in [6.45, 7) is 1.16. The minimum Gasteiger partial charge on any atom is -0.374 e. The van der Waals surface area contributed by atoms with Gasteiger partial charge < -0.3 is 10.2 Å². The first-order valence-corrected chi connectivity index (χ1v) is 6.94. The van der Waals surface area contributed by atoms with Crippen LogP contribution >= 0.6 is 0 Å². The maximum absolute atomic E-state index is 13.3. The zero-order chi connectivity index (χ0) is 18.0. The SMILES string of the molecule is CC(O)(C#CC(O)(c1ccccc1)C(F)(F)F)c1ccc(F)cc1. The van der Waals surface area contributed by atoms with Gasteiger partial charge in [-0.05, 0) is 24.6 Å². The van der Waals surface area contributed by atoms with Gasteiger partial charge in [-0.3, -0.25) is 0 Å². The number of alkyl halides is 3. The first-order valence-electron chi connectivity index (χ1n) is 6.94. The molecule has 2 aromatic rings. The molecule has 0 fully saturated rings. The van der Waals surface area contributed by atoms with Crippen LogP contribution in [0, 0.1) is 17.7 Å². The fourth-order valence-corrected chi connectivity index (χ4v) is 2.04. The van der Waals surface area contributed by atoms with Gasteiger partial charge in [0.25, 0.3) is 0 Å². The molecule has 0 spiro atoms. The van der Waals surface area contributed by atoms with Crippen LogP contribution in [0.3, 0.4) is 0 Å². The summed E-state index contributed by atoms with van der Waals surface area (Å²) in [7, 11) is 0. The van der Waals surface area contributed by atoms with E-state index in [-0.39, 0.29) is 5.56 Å². The van der Waals surface area contributed by atoms with Gasteiger partial charge in [0.05, 0.1) is 0 Å². The van der Waals surface area contributed by atoms with Crippen LogP contribution < -0.4 is 0 Å². The van der Waals surface area contributed by atoms with E-state index >= 15 is 0 Å². The maximum Gasteiger partial charge on any atom is 0.433 e. The summed E-state index contributed by atoms with van der Waals surface area (Å²) in [4.78, 5) is 0. The second-order valence-corrected chi connectivity index (χ2v) is 5.40. The zero-order valence-electron chi connectivity index (χ0n) is 12.6. The molecule has 2 aromatic carbocycles. The minimum atomic E-state index is -5.07. The van der Waals surface area contributed by atoms with Crippen molar-refractivity contribution in [3.63, 3.8) is 0 Å². The predicted octanol–water partition coefficient (Wildman–Crippen LogP) is 3.49. The number of hydrogen-bond acceptors (Lipinski definition) is 2. The van der Waals surface area contributed by atoms with E-state index in [9.17, 15) is 27.8 Å². The molecule has 2 nitrogen and oxygen atoms in total. The number of aliphatic hydroxyl groups is 2. The number of rotatable bonds is 2. The first-order chi connectivity index (χ1) is 11.1. The lowest BCUT2D eigenvalue weighted by Gasteiger charge is -2.26. The van der Waals surface area contributed by atoms with Gasteiger partial charge in [0.15, 0.2) is 0 Å². The lowest BCUT2D eigenvalue weighted by atomic mass is 9.90. The molecule has 2 unspecified atom stereocenters. The van der Waals surface area contributed by atoms with Crippen molar-refractivity contribution >= 4 is 0 Å². The van der Waals surface area contributed by atoms with Gasteiger partial charge >= 0.3 is 6.18 Å². The molecule has 0 radical (unpaired) electrons. The standard InChI is InChI=1S/C18H14F4O2/c1-16(23,13-7-9-15(19)10-8-13)11-12-17(24,18(20,21)22)14-5-3-2-4-6-14/h2-10,23-24H,1H3. The average Bonchev–Trinajstić information content (AvgIpc) is 2.53. The van der Waals surface area contributed by atoms with Gasteiger partial charge in [-0.15, -0.1) is 0 Å². The second kappa shape index (κ2) is 6.27. The lowest BCUT2D eigenvalue weighted by Crippen LogP contribution is -2.41. The summed E-state index contributed by atoms with van der Waals surface area (Å²) in [6, 6.07) is 10.9. The van der Waals surface area contributed by atoms with Crippen molar-refractivity contribution in [1.82, 2.24) is 0 Å². The van der Waals surface area contributed by atoms with E-state index in [1.54, 1.807) is 5.92 Å². The molecule has 2 rings (SSSR count). The van der Waals surface area contributed by atoms with E-state index in [0.717, 1.165) is 31.2 Å². The average molecular weight is 338 g/mol. The third-order valence-electron chi connectivity index (χ3n) is 3.49. The molecule has 0 aliphatic carbocycles. The van der Waals surface area contributed by atoms with Crippen LogP contribution in [0.2, 0.25) is 0 Å². The monoisotopic (exact) mass is 338 g/mol. The molecule has 6 heteroatoms. The quantitative estimate of drug-likeness (QED) is 0.650. The van der Waals surface area contributed by atoms with E-state index in [1.165, 1.54) is 30.3 Å². The molecule has 126 valence electrons. The first kappa shape index (κ1) is 18.0. The molecule has 0 amide bonds. The van der Waals surface area contributed by atoms with Crippen molar-refractivity contribution in [2.24, 2.45) is 0 Å². The fourth-order valence-electron chi connectivity index (χ4n) is 2.04. The van der Waals surface area contributed by atoms with Crippen molar-refractivity contribution in [2.75, 3.05) is 0 Å². The molecule has 0 aliphatic rings. The van der Waals surface area contributed by atoms with Crippen LogP contribution in [-0.2, 0) is 11.2 Å². The fraction of sp³-hybridized carbons (Fsp3) is 0.222. The predicted molar refractivity (Wildman–Crippen MR) is 80.1 cm³/mol. The van der Waals surface area contributed by atoms with Crippen LogP contribution in [-0.4, -0.2) is 16.4 Å². The molecule has 0 heterocycles. The van der Waals surface area contributed by atoms with E-state index in [4.69, 9.17) is 0 Å². The summed E-state index contributed by atoms with van der Waals surface area (Å²) in [5.41, 5.74) is -5.78. The Morgan fingerprint density at radius 1 is 0.792 bits per heavy atom. The summed E-state index contributed by atoms with van der Waals surface area (Å²) < 4.78 is 52.9. The van der Waals surface area contributed by atoms with Gasteiger partial charge in [-0.25, -0.2) is 4.39 Å². The molecule has 0 saturated heterocycles. The molecule has 0 aliphatic heterocycles. The van der Waals surface area contributed by atoms with Gasteiger partial charge in [0.2, 0.25) is 5.60 Å². The van der Waals surface area contributed by atoms with Crippen molar-refractivity contribution in [3.8, 4) is 11.8 Å². The molecule has 2 atom stereocenters. The van der Waals surface area contributed by atoms with E-state index < -0.39 is 28.8 Å². The highest BCUT2D eigenvalue weighted by Gasteiger charge is 2.54. The third-order valence-corrected chi connectivity index (χ3v) is 3.49. The Morgan fingerprint density at radius 3 is 1.83 bits per heavy atom. The van der Waals surface area contributed by atoms with Crippen LogP contribution in [0.15, 0.2) is 54.6 Å². The Hall–Kier alpha value is -2.36. The Kier molecular flexibility index (Phi) is 4.70. The van der Waals surface area contributed by atoms with E-state index in [2.05, 4.69) is 5.92 Å². The third kappa shape index (κ3) is 3.58. The number of halogens is 4. The van der Waals surface area contributed by atoms with Crippen molar-refractivity contribution in [1.29, 1.82) is 0 Å². The minimum absolute atomic E-state index is 0.106. The second-order valence-electron chi connectivity index (χ2n) is 5.40. The lowest BCUT2D eigenvalue weighted by molar-refractivity contribution is -0.240. The molecular formula is C18H14F4O2. The molecular weight excluding hydrogens is 324 g/mol. The van der Waals surface area contributed by atoms with Gasteiger partial charge in [-0.2, -0.15) is 13.2 Å². The Morgan fingerprint density at radius 2 is 1.33 bits per heavy atom. The van der Waals surface area contributed by atoms with Gasteiger partial charge in [0, 0.05) is 5.56 Å². The number of hydrogen-bond donors (Lipinski definition) is 2. The van der Waals surface area contributed by atoms with Crippen molar-refractivity contribution in [2.45, 2.75) is 24.3 Å². The highest BCUT2D eigenvalue weighted by atomic mass is 19.4. The highest BCUT2D eigenvalue weighted by molar-refractivity contribution is 5.38. The molecule has 2 N–H and O–H groups in total. The molecule has 0 bridgehead atoms. The van der Waals surface area contributed by atoms with Crippen molar-refractivity contribution < 1.29 is 27.8 Å². The van der Waals surface area contributed by atoms with Crippen LogP contribution in [0.4, 0.5) is 17.6 Å². The smallest absolute Gasteiger partial charge is 0.374 e. The largest absolute Gasteiger partial charge is 0.433 e. The summed E-state index contributed by atoms with van der Waals surface area (Å²) in [5.74, 6) is 3.24. The van der Waals surface area contributed by atoms with E-state index in [1.807, 2.05) is 0 Å². The summed E-state index contributed by atoms with van der Waals surface area (Å²) >= 11 is 0. The molecule has 0 aromatic heterocycles. The topological polar surface area (TPSA) is 40.5 Å². The zero-order valence-corrected chi connectivity index (χ0v) is 12.6. The van der Waals surface area contributed by atoms with Gasteiger partial charge in [0.1, 0.15) is 11.4 Å². The maximum atomic E-state index is 13.3. The summed E-state index contributed by atoms with van der Waals surface area (Å²) in [5, 5.41) is 20.4. The highest BCUT2D eigenvalue weighted by Crippen LogP contribution is 2.38. The van der Waals surface area contributed by atoms with E-state index in [0.29, 0.717) is 0 Å². The van der Waals surface area contributed by atoms with Crippen LogP contribution in [0.5, 0.6) is 0 Å². The van der Waals surface area contributed by atoms with Crippen LogP contribution in [0.25, 0.3) is 0 Å². The number of benzene rings is 2.